The zero-order valence-electron chi connectivity index (χ0n) is 12.6. The second kappa shape index (κ2) is 6.58. The lowest BCUT2D eigenvalue weighted by Crippen LogP contribution is -2.42. The van der Waals surface area contributed by atoms with Crippen LogP contribution in [0.5, 0.6) is 0 Å². The Balaban J connectivity index is 1.59. The molecular formula is C15H23F3N4. The van der Waals surface area contributed by atoms with Gasteiger partial charge in [0.2, 0.25) is 0 Å². The van der Waals surface area contributed by atoms with Crippen molar-refractivity contribution in [3.05, 3.63) is 17.7 Å². The number of piperidine rings is 2. The first-order valence-corrected chi connectivity index (χ1v) is 8.07. The normalized spacial score (nSPS) is 28.0. The van der Waals surface area contributed by atoms with Crippen LogP contribution < -0.4 is 5.32 Å². The van der Waals surface area contributed by atoms with Gasteiger partial charge in [-0.15, -0.1) is 0 Å². The minimum Gasteiger partial charge on any atom is -0.338 e. The second-order valence-corrected chi connectivity index (χ2v) is 6.49. The molecule has 2 saturated heterocycles. The van der Waals surface area contributed by atoms with Gasteiger partial charge in [-0.2, -0.15) is 13.2 Å². The quantitative estimate of drug-likeness (QED) is 0.901. The van der Waals surface area contributed by atoms with E-state index < -0.39 is 11.9 Å². The molecule has 0 bridgehead atoms. The first-order valence-electron chi connectivity index (χ1n) is 8.07. The van der Waals surface area contributed by atoms with E-state index in [0.29, 0.717) is 11.7 Å². The van der Waals surface area contributed by atoms with Crippen LogP contribution in [0, 0.1) is 5.92 Å². The van der Waals surface area contributed by atoms with Crippen molar-refractivity contribution in [3.8, 4) is 0 Å². The molecule has 0 saturated carbocycles. The standard InChI is InChI=1S/C15H23F3N4/c16-15(17,18)13-8-20-14(21-13)12-4-2-6-22(10-12)9-11-3-1-5-19-7-11/h8,11-12,19H,1-7,9-10H2,(H,20,21). The van der Waals surface area contributed by atoms with Gasteiger partial charge in [-0.1, -0.05) is 0 Å². The van der Waals surface area contributed by atoms with Gasteiger partial charge in [-0.05, 0) is 51.2 Å². The third-order valence-electron chi connectivity index (χ3n) is 4.71. The molecule has 2 N–H and O–H groups in total. The van der Waals surface area contributed by atoms with Crippen LogP contribution in [-0.4, -0.2) is 47.6 Å². The Hall–Kier alpha value is -1.08. The average molecular weight is 316 g/mol. The molecule has 2 aliphatic rings. The topological polar surface area (TPSA) is 44.0 Å². The SMILES string of the molecule is FC(F)(F)c1cnc(C2CCCN(CC3CCCNC3)C2)[nH]1. The fourth-order valence-electron chi connectivity index (χ4n) is 3.58. The number of imidazole rings is 1. The maximum atomic E-state index is 12.7. The molecule has 1 aromatic heterocycles. The lowest BCUT2D eigenvalue weighted by Gasteiger charge is -2.35. The first kappa shape index (κ1) is 15.8. The highest BCUT2D eigenvalue weighted by atomic mass is 19.4. The van der Waals surface area contributed by atoms with Gasteiger partial charge in [0.05, 0.1) is 6.20 Å². The van der Waals surface area contributed by atoms with Crippen LogP contribution >= 0.6 is 0 Å². The van der Waals surface area contributed by atoms with Crippen molar-refractivity contribution in [2.75, 3.05) is 32.7 Å². The summed E-state index contributed by atoms with van der Waals surface area (Å²) < 4.78 is 38.0. The molecule has 7 heteroatoms. The van der Waals surface area contributed by atoms with E-state index >= 15 is 0 Å². The summed E-state index contributed by atoms with van der Waals surface area (Å²) in [7, 11) is 0. The van der Waals surface area contributed by atoms with Gasteiger partial charge in [-0.25, -0.2) is 4.98 Å². The molecule has 0 amide bonds. The van der Waals surface area contributed by atoms with Crippen molar-refractivity contribution < 1.29 is 13.2 Å². The number of alkyl halides is 3. The molecule has 4 nitrogen and oxygen atoms in total. The van der Waals surface area contributed by atoms with Gasteiger partial charge in [0.15, 0.2) is 0 Å². The molecule has 0 spiro atoms. The van der Waals surface area contributed by atoms with Crippen molar-refractivity contribution >= 4 is 0 Å². The number of aromatic amines is 1. The third-order valence-corrected chi connectivity index (χ3v) is 4.71. The first-order chi connectivity index (χ1) is 10.5. The predicted molar refractivity (Wildman–Crippen MR) is 77.6 cm³/mol. The van der Waals surface area contributed by atoms with Crippen molar-refractivity contribution in [2.24, 2.45) is 5.92 Å². The summed E-state index contributed by atoms with van der Waals surface area (Å²) in [4.78, 5) is 8.84. The maximum Gasteiger partial charge on any atom is 0.432 e. The van der Waals surface area contributed by atoms with E-state index in [1.165, 1.54) is 12.8 Å². The Morgan fingerprint density at radius 2 is 2.14 bits per heavy atom. The van der Waals surface area contributed by atoms with Gasteiger partial charge in [-0.3, -0.25) is 0 Å². The lowest BCUT2D eigenvalue weighted by atomic mass is 9.94. The number of H-pyrrole nitrogens is 1. The van der Waals surface area contributed by atoms with Crippen LogP contribution in [-0.2, 0) is 6.18 Å². The highest BCUT2D eigenvalue weighted by Crippen LogP contribution is 2.31. The molecular weight excluding hydrogens is 293 g/mol. The fraction of sp³-hybridized carbons (Fsp3) is 0.800. The van der Waals surface area contributed by atoms with E-state index in [2.05, 4.69) is 20.2 Å². The molecule has 3 rings (SSSR count). The van der Waals surface area contributed by atoms with E-state index in [0.717, 1.165) is 51.8 Å². The van der Waals surface area contributed by atoms with Crippen molar-refractivity contribution in [1.82, 2.24) is 20.2 Å². The zero-order valence-corrected chi connectivity index (χ0v) is 12.6. The molecule has 0 aromatic carbocycles. The Morgan fingerprint density at radius 3 is 2.82 bits per heavy atom. The summed E-state index contributed by atoms with van der Waals surface area (Å²) in [5.41, 5.74) is -0.740. The lowest BCUT2D eigenvalue weighted by molar-refractivity contribution is -0.141. The Labute approximate surface area is 128 Å². The molecule has 3 heterocycles. The molecule has 124 valence electrons. The number of nitrogens with zero attached hydrogens (tertiary/aromatic N) is 2. The number of nitrogens with one attached hydrogen (secondary N) is 2. The molecule has 0 radical (unpaired) electrons. The smallest absolute Gasteiger partial charge is 0.338 e. The number of hydrogen-bond acceptors (Lipinski definition) is 3. The monoisotopic (exact) mass is 316 g/mol. The Bertz CT molecular complexity index is 479. The number of rotatable bonds is 3. The predicted octanol–water partition coefficient (Wildman–Crippen LogP) is 2.61. The Morgan fingerprint density at radius 1 is 1.27 bits per heavy atom. The van der Waals surface area contributed by atoms with Gasteiger partial charge >= 0.3 is 6.18 Å². The molecule has 0 aliphatic carbocycles. The number of hydrogen-bond donors (Lipinski definition) is 2. The molecule has 2 atom stereocenters. The third kappa shape index (κ3) is 3.81. The number of aromatic nitrogens is 2. The van der Waals surface area contributed by atoms with Crippen molar-refractivity contribution in [1.29, 1.82) is 0 Å². The Kier molecular flexibility index (Phi) is 4.73. The second-order valence-electron chi connectivity index (χ2n) is 6.49. The summed E-state index contributed by atoms with van der Waals surface area (Å²) in [5, 5.41) is 3.42. The van der Waals surface area contributed by atoms with Gasteiger partial charge in [0, 0.05) is 19.0 Å². The summed E-state index contributed by atoms with van der Waals surface area (Å²) in [6.07, 6.45) is 0.964. The van der Waals surface area contributed by atoms with Gasteiger partial charge in [0.1, 0.15) is 11.5 Å². The molecule has 2 unspecified atom stereocenters. The van der Waals surface area contributed by atoms with E-state index in [-0.39, 0.29) is 5.92 Å². The van der Waals surface area contributed by atoms with Crippen LogP contribution in [0.4, 0.5) is 13.2 Å². The minimum atomic E-state index is -4.34. The van der Waals surface area contributed by atoms with E-state index in [4.69, 9.17) is 0 Å². The summed E-state index contributed by atoms with van der Waals surface area (Å²) in [6, 6.07) is 0. The fourth-order valence-corrected chi connectivity index (χ4v) is 3.58. The van der Waals surface area contributed by atoms with E-state index in [1.54, 1.807) is 0 Å². The highest BCUT2D eigenvalue weighted by Gasteiger charge is 2.34. The van der Waals surface area contributed by atoms with Crippen LogP contribution in [0.3, 0.4) is 0 Å². The summed E-state index contributed by atoms with van der Waals surface area (Å²) >= 11 is 0. The van der Waals surface area contributed by atoms with Gasteiger partial charge in [0.25, 0.3) is 0 Å². The maximum absolute atomic E-state index is 12.7. The van der Waals surface area contributed by atoms with Crippen LogP contribution in [0.1, 0.15) is 43.1 Å². The van der Waals surface area contributed by atoms with Crippen LogP contribution in [0.15, 0.2) is 6.20 Å². The largest absolute Gasteiger partial charge is 0.432 e. The molecule has 1 aromatic rings. The van der Waals surface area contributed by atoms with Crippen LogP contribution in [0.2, 0.25) is 0 Å². The van der Waals surface area contributed by atoms with Gasteiger partial charge < -0.3 is 15.2 Å². The van der Waals surface area contributed by atoms with E-state index in [9.17, 15) is 13.2 Å². The number of halogens is 3. The summed E-state index contributed by atoms with van der Waals surface area (Å²) in [5.74, 6) is 1.23. The minimum absolute atomic E-state index is 0.0846. The van der Waals surface area contributed by atoms with Crippen LogP contribution in [0.25, 0.3) is 0 Å². The molecule has 2 aliphatic heterocycles. The number of likely N-dealkylation sites (tertiary alicyclic amines) is 1. The van der Waals surface area contributed by atoms with Crippen molar-refractivity contribution in [3.63, 3.8) is 0 Å². The van der Waals surface area contributed by atoms with Crippen molar-refractivity contribution in [2.45, 2.75) is 37.8 Å². The average Bonchev–Trinajstić information content (AvgIpc) is 2.99. The molecule has 22 heavy (non-hydrogen) atoms. The highest BCUT2D eigenvalue weighted by molar-refractivity contribution is 5.09. The van der Waals surface area contributed by atoms with E-state index in [1.807, 2.05) is 0 Å². The zero-order chi connectivity index (χ0) is 15.6. The summed E-state index contributed by atoms with van der Waals surface area (Å²) in [6.45, 7) is 5.05. The molecule has 2 fully saturated rings.